The Morgan fingerprint density at radius 1 is 1.08 bits per heavy atom. The van der Waals surface area contributed by atoms with Crippen LogP contribution in [0.3, 0.4) is 0 Å². The number of aliphatic carboxylic acids is 1. The van der Waals surface area contributed by atoms with Crippen LogP contribution in [0.4, 0.5) is 0 Å². The lowest BCUT2D eigenvalue weighted by Crippen LogP contribution is -2.40. The number of H-pyrrole nitrogens is 2. The average Bonchev–Trinajstić information content (AvgIpc) is 3.61. The second-order valence-corrected chi connectivity index (χ2v) is 11.2. The summed E-state index contributed by atoms with van der Waals surface area (Å²) in [6.45, 7) is 16.1. The third-order valence-corrected chi connectivity index (χ3v) is 9.00. The first-order valence-electron chi connectivity index (χ1n) is 13.7. The Kier molecular flexibility index (Phi) is 9.27. The Hall–Kier alpha value is -3.02. The second kappa shape index (κ2) is 12.0. The molecule has 37 heavy (non-hydrogen) atoms. The Labute approximate surface area is 222 Å². The fourth-order valence-electron chi connectivity index (χ4n) is 5.66. The van der Waals surface area contributed by atoms with E-state index in [9.17, 15) is 14.7 Å². The van der Waals surface area contributed by atoms with Gasteiger partial charge in [0.2, 0.25) is 5.91 Å². The monoisotopic (exact) mass is 507 g/mol. The predicted molar refractivity (Wildman–Crippen MR) is 150 cm³/mol. The summed E-state index contributed by atoms with van der Waals surface area (Å²) in [7, 11) is 0. The Morgan fingerprint density at radius 3 is 2.41 bits per heavy atom. The van der Waals surface area contributed by atoms with E-state index in [0.717, 1.165) is 58.7 Å². The first-order chi connectivity index (χ1) is 17.5. The van der Waals surface area contributed by atoms with Gasteiger partial charge in [-0.3, -0.25) is 9.59 Å². The zero-order valence-electron chi connectivity index (χ0n) is 23.6. The maximum atomic E-state index is 12.4. The lowest BCUT2D eigenvalue weighted by molar-refractivity contribution is -0.136. The van der Waals surface area contributed by atoms with Crippen molar-refractivity contribution in [3.8, 4) is 11.4 Å². The highest BCUT2D eigenvalue weighted by atomic mass is 16.4. The number of allylic oxidation sites excluding steroid dienone is 3. The van der Waals surface area contributed by atoms with Gasteiger partial charge in [0, 0.05) is 29.8 Å². The fourth-order valence-corrected chi connectivity index (χ4v) is 5.66. The van der Waals surface area contributed by atoms with Crippen LogP contribution in [0.5, 0.6) is 0 Å². The molecule has 0 saturated carbocycles. The molecule has 1 aliphatic rings. The van der Waals surface area contributed by atoms with Crippen molar-refractivity contribution in [1.29, 1.82) is 0 Å². The number of carbonyl (C=O) groups is 2. The minimum Gasteiger partial charge on any atom is -0.481 e. The van der Waals surface area contributed by atoms with Crippen molar-refractivity contribution >= 4 is 11.9 Å². The van der Waals surface area contributed by atoms with Gasteiger partial charge in [-0.25, -0.2) is 0 Å². The van der Waals surface area contributed by atoms with Crippen molar-refractivity contribution in [3.63, 3.8) is 0 Å². The predicted octanol–water partition coefficient (Wildman–Crippen LogP) is 6.82. The van der Waals surface area contributed by atoms with Crippen molar-refractivity contribution < 1.29 is 14.7 Å². The van der Waals surface area contributed by atoms with Gasteiger partial charge in [0.1, 0.15) is 0 Å². The molecule has 2 aromatic heterocycles. The van der Waals surface area contributed by atoms with Gasteiger partial charge in [-0.2, -0.15) is 0 Å². The van der Waals surface area contributed by atoms with Gasteiger partial charge in [-0.05, 0) is 54.4 Å². The molecule has 4 N–H and O–H groups in total. The number of carboxylic acids is 1. The first-order valence-corrected chi connectivity index (χ1v) is 13.7. The highest BCUT2D eigenvalue weighted by molar-refractivity contribution is 5.79. The maximum Gasteiger partial charge on any atom is 0.307 e. The van der Waals surface area contributed by atoms with Crippen LogP contribution in [0.15, 0.2) is 35.9 Å². The molecule has 0 bridgehead atoms. The molecule has 0 saturated heterocycles. The Morgan fingerprint density at radius 2 is 1.81 bits per heavy atom. The number of carbonyl (C=O) groups excluding carboxylic acids is 1. The van der Waals surface area contributed by atoms with Gasteiger partial charge in [0.15, 0.2) is 0 Å². The van der Waals surface area contributed by atoms with E-state index < -0.39 is 5.97 Å². The normalized spacial score (nSPS) is 17.2. The molecule has 0 aromatic carbocycles. The van der Waals surface area contributed by atoms with Crippen LogP contribution in [0, 0.1) is 24.7 Å². The van der Waals surface area contributed by atoms with Gasteiger partial charge >= 0.3 is 5.97 Å². The molecule has 6 nitrogen and oxygen atoms in total. The van der Waals surface area contributed by atoms with E-state index >= 15 is 0 Å². The number of carboxylic acid groups (broad SMARTS) is 1. The summed E-state index contributed by atoms with van der Waals surface area (Å²) in [5.41, 5.74) is 6.52. The molecule has 0 spiro atoms. The van der Waals surface area contributed by atoms with E-state index in [-0.39, 0.29) is 17.7 Å². The summed E-state index contributed by atoms with van der Waals surface area (Å²) in [6, 6.07) is 4.11. The summed E-state index contributed by atoms with van der Waals surface area (Å²) in [4.78, 5) is 31.3. The van der Waals surface area contributed by atoms with E-state index in [1.54, 1.807) is 0 Å². The molecular weight excluding hydrogens is 462 g/mol. The number of hydrogen-bond acceptors (Lipinski definition) is 2. The van der Waals surface area contributed by atoms with Crippen molar-refractivity contribution in [2.75, 3.05) is 0 Å². The summed E-state index contributed by atoms with van der Waals surface area (Å²) in [5, 5.41) is 12.7. The van der Waals surface area contributed by atoms with Crippen LogP contribution in [0.1, 0.15) is 89.7 Å². The largest absolute Gasteiger partial charge is 0.481 e. The van der Waals surface area contributed by atoms with Gasteiger partial charge in [0.25, 0.3) is 0 Å². The summed E-state index contributed by atoms with van der Waals surface area (Å²) in [6.07, 6.45) is 9.39. The van der Waals surface area contributed by atoms with E-state index in [2.05, 4.69) is 69.0 Å². The third-order valence-electron chi connectivity index (χ3n) is 9.00. The van der Waals surface area contributed by atoms with E-state index in [4.69, 9.17) is 0 Å². The lowest BCUT2D eigenvalue weighted by Gasteiger charge is -2.43. The standard InChI is InChI=1S/C31H45N3O3/c1-8-19(3)21(5)31(7,20(4)9-2)27-16-24(17-29(36)37)30(34-27)26-15-25(22(6)33-26)18-32-28(35)14-23-12-10-11-13-23/h10-12,15-16,19-21,33-34H,8-9,13-14,17-18H2,1-7H3,(H,32,35)(H,36,37). The van der Waals surface area contributed by atoms with Crippen molar-refractivity contribution in [2.45, 2.75) is 92.5 Å². The van der Waals surface area contributed by atoms with Gasteiger partial charge in [-0.1, -0.05) is 78.2 Å². The molecular formula is C31H45N3O3. The number of aromatic nitrogens is 2. The molecule has 2 heterocycles. The van der Waals surface area contributed by atoms with Gasteiger partial charge < -0.3 is 20.4 Å². The van der Waals surface area contributed by atoms with Crippen LogP contribution in [0.2, 0.25) is 0 Å². The topological polar surface area (TPSA) is 98.0 Å². The molecule has 6 heteroatoms. The highest BCUT2D eigenvalue weighted by Gasteiger charge is 2.41. The minimum atomic E-state index is -0.849. The maximum absolute atomic E-state index is 12.4. The zero-order valence-corrected chi connectivity index (χ0v) is 23.6. The molecule has 1 amide bonds. The van der Waals surface area contributed by atoms with Gasteiger partial charge in [-0.15, -0.1) is 0 Å². The third kappa shape index (κ3) is 6.28. The lowest BCUT2D eigenvalue weighted by atomic mass is 9.62. The molecule has 202 valence electrons. The molecule has 0 radical (unpaired) electrons. The number of nitrogens with one attached hydrogen (secondary N) is 3. The second-order valence-electron chi connectivity index (χ2n) is 11.2. The quantitative estimate of drug-likeness (QED) is 0.239. The Bertz CT molecular complexity index is 1170. The molecule has 3 rings (SSSR count). The molecule has 0 aliphatic heterocycles. The van der Waals surface area contributed by atoms with E-state index in [1.165, 1.54) is 0 Å². The minimum absolute atomic E-state index is 0.00850. The zero-order chi connectivity index (χ0) is 27.3. The molecule has 2 aromatic rings. The number of aromatic amines is 2. The van der Waals surface area contributed by atoms with Crippen LogP contribution in [0.25, 0.3) is 11.4 Å². The molecule has 0 fully saturated rings. The molecule has 1 aliphatic carbocycles. The highest BCUT2D eigenvalue weighted by Crippen LogP contribution is 2.45. The smallest absolute Gasteiger partial charge is 0.307 e. The molecule has 4 unspecified atom stereocenters. The van der Waals surface area contributed by atoms with Crippen LogP contribution in [-0.2, 0) is 28.0 Å². The van der Waals surface area contributed by atoms with Crippen molar-refractivity contribution in [3.05, 3.63) is 58.4 Å². The summed E-state index contributed by atoms with van der Waals surface area (Å²) < 4.78 is 0. The molecule has 4 atom stereocenters. The van der Waals surface area contributed by atoms with Gasteiger partial charge in [0.05, 0.1) is 17.8 Å². The van der Waals surface area contributed by atoms with E-state index in [0.29, 0.717) is 30.7 Å². The van der Waals surface area contributed by atoms with Crippen molar-refractivity contribution in [2.24, 2.45) is 17.8 Å². The van der Waals surface area contributed by atoms with Crippen molar-refractivity contribution in [1.82, 2.24) is 15.3 Å². The number of hydrogen-bond donors (Lipinski definition) is 4. The Balaban J connectivity index is 1.93. The number of aryl methyl sites for hydroxylation is 1. The fraction of sp³-hybridized carbons (Fsp3) is 0.548. The van der Waals surface area contributed by atoms with Crippen LogP contribution < -0.4 is 5.32 Å². The van der Waals surface area contributed by atoms with E-state index in [1.807, 2.05) is 25.1 Å². The summed E-state index contributed by atoms with van der Waals surface area (Å²) >= 11 is 0. The first kappa shape index (κ1) is 28.5. The SMILES string of the molecule is CCC(C)C(C)C(C)(c1cc(CC(=O)O)c(-c2cc(CNC(=O)CC3=CC=CC3)c(C)[nH]2)[nH]1)C(C)CC. The average molecular weight is 508 g/mol. The van der Waals surface area contributed by atoms with Crippen LogP contribution >= 0.6 is 0 Å². The van der Waals surface area contributed by atoms with Crippen LogP contribution in [-0.4, -0.2) is 27.0 Å². The number of amides is 1. The summed E-state index contributed by atoms with van der Waals surface area (Å²) in [5.74, 6) is 0.528. The number of rotatable bonds is 13.